The summed E-state index contributed by atoms with van der Waals surface area (Å²) in [5.41, 5.74) is 3.24. The Bertz CT molecular complexity index is 904. The third-order valence-electron chi connectivity index (χ3n) is 4.25. The normalized spacial score (nSPS) is 17.4. The van der Waals surface area contributed by atoms with Crippen molar-refractivity contribution in [3.8, 4) is 0 Å². The first-order valence-electron chi connectivity index (χ1n) is 7.80. The molecule has 0 bridgehead atoms. The van der Waals surface area contributed by atoms with Gasteiger partial charge in [-0.15, -0.1) is 0 Å². The quantitative estimate of drug-likeness (QED) is 0.778. The van der Waals surface area contributed by atoms with Crippen LogP contribution in [0.15, 0.2) is 54.9 Å². The maximum absolute atomic E-state index is 12.5. The Hall–Kier alpha value is -3.15. The summed E-state index contributed by atoms with van der Waals surface area (Å²) < 4.78 is 0. The smallest absolute Gasteiger partial charge is 0.229 e. The number of anilines is 2. The fraction of sp³-hybridized carbons (Fsp3) is 0.167. The van der Waals surface area contributed by atoms with Gasteiger partial charge >= 0.3 is 0 Å². The molecule has 0 unspecified atom stereocenters. The van der Waals surface area contributed by atoms with Crippen LogP contribution < -0.4 is 10.2 Å². The summed E-state index contributed by atoms with van der Waals surface area (Å²) in [7, 11) is 0. The van der Waals surface area contributed by atoms with Gasteiger partial charge in [-0.25, -0.2) is 4.98 Å². The first kappa shape index (κ1) is 14.4. The number of nitrogens with zero attached hydrogens (tertiary/aromatic N) is 2. The highest BCUT2D eigenvalue weighted by Crippen LogP contribution is 2.26. The van der Waals surface area contributed by atoms with E-state index in [0.29, 0.717) is 12.2 Å². The van der Waals surface area contributed by atoms with E-state index in [1.165, 1.54) is 0 Å². The van der Waals surface area contributed by atoms with Crippen molar-refractivity contribution in [1.82, 2.24) is 9.97 Å². The van der Waals surface area contributed by atoms with E-state index >= 15 is 0 Å². The number of fused-ring (bicyclic) bond motifs is 1. The minimum absolute atomic E-state index is 0.0228. The molecule has 1 saturated heterocycles. The summed E-state index contributed by atoms with van der Waals surface area (Å²) in [6.07, 6.45) is 1.84. The molecule has 24 heavy (non-hydrogen) atoms. The average molecular weight is 320 g/mol. The molecule has 0 radical (unpaired) electrons. The zero-order valence-electron chi connectivity index (χ0n) is 12.9. The molecular weight excluding hydrogens is 304 g/mol. The Kier molecular flexibility index (Phi) is 3.49. The highest BCUT2D eigenvalue weighted by atomic mass is 16.2. The lowest BCUT2D eigenvalue weighted by molar-refractivity contribution is -0.122. The third kappa shape index (κ3) is 2.62. The molecule has 1 aliphatic rings. The molecule has 2 aromatic carbocycles. The van der Waals surface area contributed by atoms with E-state index in [1.54, 1.807) is 11.2 Å². The second-order valence-electron chi connectivity index (χ2n) is 5.86. The van der Waals surface area contributed by atoms with Gasteiger partial charge in [0.25, 0.3) is 0 Å². The molecule has 6 heteroatoms. The van der Waals surface area contributed by atoms with Crippen LogP contribution in [0.25, 0.3) is 11.0 Å². The summed E-state index contributed by atoms with van der Waals surface area (Å²) in [4.78, 5) is 33.5. The predicted octanol–water partition coefficient (Wildman–Crippen LogP) is 2.55. The molecule has 1 atom stereocenters. The van der Waals surface area contributed by atoms with E-state index in [4.69, 9.17) is 0 Å². The molecular formula is C18H16N4O2. The molecule has 3 aromatic rings. The molecule has 0 aliphatic carbocycles. The number of imidazole rings is 1. The average Bonchev–Trinajstić information content (AvgIpc) is 3.21. The van der Waals surface area contributed by atoms with E-state index in [9.17, 15) is 9.59 Å². The first-order chi connectivity index (χ1) is 11.7. The highest BCUT2D eigenvalue weighted by Gasteiger charge is 2.35. The van der Waals surface area contributed by atoms with Crippen LogP contribution in [0.3, 0.4) is 0 Å². The van der Waals surface area contributed by atoms with Crippen molar-refractivity contribution in [1.29, 1.82) is 0 Å². The monoisotopic (exact) mass is 320 g/mol. The number of aromatic nitrogens is 2. The molecule has 6 nitrogen and oxygen atoms in total. The fourth-order valence-corrected chi connectivity index (χ4v) is 3.00. The van der Waals surface area contributed by atoms with Crippen LogP contribution in [0.5, 0.6) is 0 Å². The molecule has 0 saturated carbocycles. The number of aromatic amines is 1. The van der Waals surface area contributed by atoms with Crippen molar-refractivity contribution in [2.45, 2.75) is 6.42 Å². The lowest BCUT2D eigenvalue weighted by Gasteiger charge is -2.16. The zero-order valence-corrected chi connectivity index (χ0v) is 12.9. The van der Waals surface area contributed by atoms with Gasteiger partial charge in [0.1, 0.15) is 0 Å². The first-order valence-corrected chi connectivity index (χ1v) is 7.80. The van der Waals surface area contributed by atoms with Crippen molar-refractivity contribution < 1.29 is 9.59 Å². The Morgan fingerprint density at radius 3 is 2.88 bits per heavy atom. The van der Waals surface area contributed by atoms with Gasteiger partial charge in [0.2, 0.25) is 11.8 Å². The number of hydrogen-bond donors (Lipinski definition) is 2. The van der Waals surface area contributed by atoms with Crippen LogP contribution in [0.1, 0.15) is 6.42 Å². The van der Waals surface area contributed by atoms with E-state index in [-0.39, 0.29) is 24.2 Å². The highest BCUT2D eigenvalue weighted by molar-refractivity contribution is 6.03. The molecule has 1 aliphatic heterocycles. The number of para-hydroxylation sites is 1. The summed E-state index contributed by atoms with van der Waals surface area (Å²) in [6, 6.07) is 14.9. The summed E-state index contributed by atoms with van der Waals surface area (Å²) in [5, 5.41) is 2.89. The number of H-pyrrole nitrogens is 1. The van der Waals surface area contributed by atoms with Gasteiger partial charge in [0.05, 0.1) is 23.3 Å². The second-order valence-corrected chi connectivity index (χ2v) is 5.86. The molecule has 0 spiro atoms. The number of amides is 2. The van der Waals surface area contributed by atoms with Gasteiger partial charge in [-0.3, -0.25) is 9.59 Å². The van der Waals surface area contributed by atoms with Crippen LogP contribution in [-0.2, 0) is 9.59 Å². The van der Waals surface area contributed by atoms with E-state index in [0.717, 1.165) is 16.7 Å². The predicted molar refractivity (Wildman–Crippen MR) is 91.6 cm³/mol. The zero-order chi connectivity index (χ0) is 16.5. The summed E-state index contributed by atoms with van der Waals surface area (Å²) >= 11 is 0. The Morgan fingerprint density at radius 2 is 2.04 bits per heavy atom. The van der Waals surface area contributed by atoms with Crippen molar-refractivity contribution in [2.24, 2.45) is 5.92 Å². The summed E-state index contributed by atoms with van der Waals surface area (Å²) in [5.74, 6) is -0.513. The number of carbonyl (C=O) groups is 2. The fourth-order valence-electron chi connectivity index (χ4n) is 3.00. The Morgan fingerprint density at radius 1 is 1.21 bits per heavy atom. The maximum atomic E-state index is 12.5. The summed E-state index contributed by atoms with van der Waals surface area (Å²) in [6.45, 7) is 0.404. The standard InChI is InChI=1S/C18H16N4O2/c23-17-8-12(10-22(17)14-4-2-1-3-5-14)18(24)21-13-6-7-15-16(9-13)20-11-19-15/h1-7,9,11-12H,8,10H2,(H,19,20)(H,21,24)/t12-/m1/s1. The van der Waals surface area contributed by atoms with Gasteiger partial charge in [0.15, 0.2) is 0 Å². The molecule has 2 N–H and O–H groups in total. The maximum Gasteiger partial charge on any atom is 0.229 e. The number of carbonyl (C=O) groups excluding carboxylic acids is 2. The van der Waals surface area contributed by atoms with Crippen molar-refractivity contribution in [2.75, 3.05) is 16.8 Å². The lowest BCUT2D eigenvalue weighted by atomic mass is 10.1. The topological polar surface area (TPSA) is 78.1 Å². The number of rotatable bonds is 3. The third-order valence-corrected chi connectivity index (χ3v) is 4.25. The van der Waals surface area contributed by atoms with E-state index in [1.807, 2.05) is 48.5 Å². The van der Waals surface area contributed by atoms with Crippen molar-refractivity contribution in [3.05, 3.63) is 54.9 Å². The van der Waals surface area contributed by atoms with E-state index < -0.39 is 0 Å². The molecule has 2 heterocycles. The Balaban J connectivity index is 1.48. The molecule has 4 rings (SSSR count). The number of nitrogens with one attached hydrogen (secondary N) is 2. The van der Waals surface area contributed by atoms with Crippen LogP contribution in [0, 0.1) is 5.92 Å². The van der Waals surface area contributed by atoms with Crippen LogP contribution in [-0.4, -0.2) is 28.3 Å². The minimum atomic E-state index is -0.352. The van der Waals surface area contributed by atoms with Crippen LogP contribution >= 0.6 is 0 Å². The van der Waals surface area contributed by atoms with Crippen LogP contribution in [0.4, 0.5) is 11.4 Å². The Labute approximate surface area is 138 Å². The minimum Gasteiger partial charge on any atom is -0.345 e. The molecule has 1 fully saturated rings. The van der Waals surface area contributed by atoms with E-state index in [2.05, 4.69) is 15.3 Å². The lowest BCUT2D eigenvalue weighted by Crippen LogP contribution is -2.28. The molecule has 1 aromatic heterocycles. The number of benzene rings is 2. The molecule has 2 amide bonds. The number of hydrogen-bond acceptors (Lipinski definition) is 3. The largest absolute Gasteiger partial charge is 0.345 e. The van der Waals surface area contributed by atoms with Gasteiger partial charge < -0.3 is 15.2 Å². The van der Waals surface area contributed by atoms with Gasteiger partial charge in [-0.2, -0.15) is 0 Å². The molecule has 120 valence electrons. The van der Waals surface area contributed by atoms with Crippen molar-refractivity contribution >= 4 is 34.2 Å². The van der Waals surface area contributed by atoms with Gasteiger partial charge in [-0.1, -0.05) is 18.2 Å². The van der Waals surface area contributed by atoms with Gasteiger partial charge in [-0.05, 0) is 30.3 Å². The van der Waals surface area contributed by atoms with Crippen molar-refractivity contribution in [3.63, 3.8) is 0 Å². The SMILES string of the molecule is O=C(Nc1ccc2nc[nH]c2c1)[C@@H]1CC(=O)N(c2ccccc2)C1. The van der Waals surface area contributed by atoms with Crippen LogP contribution in [0.2, 0.25) is 0 Å². The van der Waals surface area contributed by atoms with Gasteiger partial charge in [0, 0.05) is 24.3 Å². The second kappa shape index (κ2) is 5.81.